The minimum Gasteiger partial charge on any atom is -0.493 e. The van der Waals surface area contributed by atoms with Crippen molar-refractivity contribution in [2.24, 2.45) is 10.1 Å². The molecule has 164 valence electrons. The van der Waals surface area contributed by atoms with Gasteiger partial charge >= 0.3 is 0 Å². The van der Waals surface area contributed by atoms with Gasteiger partial charge in [0.2, 0.25) is 10.6 Å². The lowest BCUT2D eigenvalue weighted by Crippen LogP contribution is -2.19. The Balaban J connectivity index is 1.83. The number of benzene rings is 1. The molecule has 1 saturated carbocycles. The molecule has 0 unspecified atom stereocenters. The summed E-state index contributed by atoms with van der Waals surface area (Å²) in [5.74, 6) is 2.42. The third kappa shape index (κ3) is 4.69. The fourth-order valence-electron chi connectivity index (χ4n) is 3.77. The summed E-state index contributed by atoms with van der Waals surface area (Å²) in [4.78, 5) is 5.89. The summed E-state index contributed by atoms with van der Waals surface area (Å²) in [6.07, 6.45) is 9.34. The zero-order valence-electron chi connectivity index (χ0n) is 18.0. The molecule has 0 spiro atoms. The van der Waals surface area contributed by atoms with Crippen LogP contribution in [-0.4, -0.2) is 38.3 Å². The van der Waals surface area contributed by atoms with Gasteiger partial charge in [-0.2, -0.15) is 5.10 Å². The summed E-state index contributed by atoms with van der Waals surface area (Å²) >= 11 is 1.58. The van der Waals surface area contributed by atoms with E-state index in [1.54, 1.807) is 45.1 Å². The van der Waals surface area contributed by atoms with Gasteiger partial charge in [-0.1, -0.05) is 19.3 Å². The molecule has 1 fully saturated rings. The quantitative estimate of drug-likeness (QED) is 0.487. The maximum atomic E-state index is 5.54. The van der Waals surface area contributed by atoms with Gasteiger partial charge in [0.1, 0.15) is 5.76 Å². The number of ether oxygens (including phenoxy) is 3. The van der Waals surface area contributed by atoms with Crippen LogP contribution in [0.3, 0.4) is 0 Å². The number of methoxy groups -OCH3 is 3. The van der Waals surface area contributed by atoms with Crippen molar-refractivity contribution >= 4 is 17.6 Å². The first-order valence-electron chi connectivity index (χ1n) is 10.4. The third-order valence-corrected chi connectivity index (χ3v) is 6.19. The Morgan fingerprint density at radius 1 is 1.06 bits per heavy atom. The largest absolute Gasteiger partial charge is 0.493 e. The molecule has 4 rings (SSSR count). The summed E-state index contributed by atoms with van der Waals surface area (Å²) < 4.78 is 23.8. The number of aromatic nitrogens is 1. The molecule has 3 aromatic rings. The van der Waals surface area contributed by atoms with Crippen LogP contribution in [0.15, 0.2) is 50.4 Å². The van der Waals surface area contributed by atoms with Crippen molar-refractivity contribution in [3.63, 3.8) is 0 Å². The van der Waals surface area contributed by atoms with Gasteiger partial charge in [-0.25, -0.2) is 4.68 Å². The monoisotopic (exact) mass is 441 g/mol. The van der Waals surface area contributed by atoms with Crippen LogP contribution in [0.5, 0.6) is 17.2 Å². The number of nitrogens with zero attached hydrogens (tertiary/aromatic N) is 3. The molecule has 1 aliphatic carbocycles. The fourth-order valence-corrected chi connectivity index (χ4v) is 4.68. The van der Waals surface area contributed by atoms with Crippen molar-refractivity contribution in [3.8, 4) is 28.5 Å². The standard InChI is InChI=1S/C23H27N3O4S/c1-27-20-12-16(13-21(28-2)22(20)29-3)19-15-31-23(25-17-8-5-4-6-9-17)26(19)24-14-18-10-7-11-30-18/h7,10-15,17H,4-6,8-9H2,1-3H3. The van der Waals surface area contributed by atoms with Crippen molar-refractivity contribution in [2.45, 2.75) is 38.1 Å². The van der Waals surface area contributed by atoms with Gasteiger partial charge in [0, 0.05) is 10.9 Å². The molecule has 0 N–H and O–H groups in total. The highest BCUT2D eigenvalue weighted by molar-refractivity contribution is 7.07. The average molecular weight is 442 g/mol. The summed E-state index contributed by atoms with van der Waals surface area (Å²) in [6, 6.07) is 7.89. The van der Waals surface area contributed by atoms with E-state index in [0.717, 1.165) is 28.9 Å². The van der Waals surface area contributed by atoms with E-state index >= 15 is 0 Å². The first-order chi connectivity index (χ1) is 15.2. The van der Waals surface area contributed by atoms with E-state index in [1.807, 2.05) is 28.9 Å². The van der Waals surface area contributed by atoms with Crippen LogP contribution < -0.4 is 19.0 Å². The molecule has 0 radical (unpaired) electrons. The van der Waals surface area contributed by atoms with Gasteiger partial charge in [0.25, 0.3) is 0 Å². The maximum Gasteiger partial charge on any atom is 0.206 e. The first kappa shape index (κ1) is 21.2. The highest BCUT2D eigenvalue weighted by Crippen LogP contribution is 2.41. The highest BCUT2D eigenvalue weighted by atomic mass is 32.1. The van der Waals surface area contributed by atoms with Crippen LogP contribution in [0.2, 0.25) is 0 Å². The number of rotatable bonds is 7. The number of hydrogen-bond acceptors (Lipinski definition) is 7. The predicted octanol–water partition coefficient (Wildman–Crippen LogP) is 4.95. The molecular weight excluding hydrogens is 414 g/mol. The van der Waals surface area contributed by atoms with Crippen LogP contribution in [0.25, 0.3) is 11.3 Å². The van der Waals surface area contributed by atoms with E-state index < -0.39 is 0 Å². The van der Waals surface area contributed by atoms with E-state index in [9.17, 15) is 0 Å². The molecule has 31 heavy (non-hydrogen) atoms. The zero-order chi connectivity index (χ0) is 21.6. The Morgan fingerprint density at radius 3 is 2.42 bits per heavy atom. The SMILES string of the molecule is COc1cc(-c2csc(=NC3CCCCC3)n2N=Cc2ccco2)cc(OC)c1OC. The fraction of sp³-hybridized carbons (Fsp3) is 0.391. The Kier molecular flexibility index (Phi) is 6.76. The van der Waals surface area contributed by atoms with Crippen LogP contribution in [0, 0.1) is 0 Å². The number of thiazole rings is 1. The molecule has 0 bridgehead atoms. The number of furan rings is 1. The maximum absolute atomic E-state index is 5.54. The second-order valence-corrected chi connectivity index (χ2v) is 8.15. The van der Waals surface area contributed by atoms with E-state index in [-0.39, 0.29) is 0 Å². The third-order valence-electron chi connectivity index (χ3n) is 5.36. The van der Waals surface area contributed by atoms with Crippen molar-refractivity contribution in [3.05, 3.63) is 46.5 Å². The van der Waals surface area contributed by atoms with Gasteiger partial charge < -0.3 is 18.6 Å². The van der Waals surface area contributed by atoms with E-state index in [2.05, 4.69) is 5.38 Å². The minimum absolute atomic E-state index is 0.338. The summed E-state index contributed by atoms with van der Waals surface area (Å²) in [5.41, 5.74) is 1.79. The molecule has 2 aromatic heterocycles. The Hall–Kier alpha value is -3.00. The van der Waals surface area contributed by atoms with E-state index in [4.69, 9.17) is 28.7 Å². The molecule has 2 heterocycles. The van der Waals surface area contributed by atoms with Gasteiger partial charge in [-0.15, -0.1) is 11.3 Å². The van der Waals surface area contributed by atoms with E-state index in [1.165, 1.54) is 19.3 Å². The van der Waals surface area contributed by atoms with Crippen LogP contribution >= 0.6 is 11.3 Å². The van der Waals surface area contributed by atoms with Crippen molar-refractivity contribution < 1.29 is 18.6 Å². The molecule has 0 atom stereocenters. The predicted molar refractivity (Wildman–Crippen MR) is 122 cm³/mol. The molecule has 1 aromatic carbocycles. The molecular formula is C23H27N3O4S. The summed E-state index contributed by atoms with van der Waals surface area (Å²) in [6.45, 7) is 0. The smallest absolute Gasteiger partial charge is 0.206 e. The van der Waals surface area contributed by atoms with Crippen molar-refractivity contribution in [1.82, 2.24) is 4.68 Å². The van der Waals surface area contributed by atoms with Gasteiger partial charge in [-0.05, 0) is 37.1 Å². The molecule has 0 amide bonds. The van der Waals surface area contributed by atoms with Crippen LogP contribution in [0.4, 0.5) is 0 Å². The lowest BCUT2D eigenvalue weighted by molar-refractivity contribution is 0.324. The topological polar surface area (TPSA) is 70.5 Å². The Labute approximate surface area is 185 Å². The minimum atomic E-state index is 0.338. The second-order valence-electron chi connectivity index (χ2n) is 7.31. The Morgan fingerprint density at radius 2 is 1.81 bits per heavy atom. The van der Waals surface area contributed by atoms with Crippen LogP contribution in [-0.2, 0) is 0 Å². The average Bonchev–Trinajstić information content (AvgIpc) is 3.47. The molecule has 0 saturated heterocycles. The zero-order valence-corrected chi connectivity index (χ0v) is 18.9. The molecule has 8 heteroatoms. The lowest BCUT2D eigenvalue weighted by atomic mass is 9.96. The molecule has 7 nitrogen and oxygen atoms in total. The van der Waals surface area contributed by atoms with Gasteiger partial charge in [0.05, 0.1) is 45.5 Å². The highest BCUT2D eigenvalue weighted by Gasteiger charge is 2.18. The lowest BCUT2D eigenvalue weighted by Gasteiger charge is -2.17. The molecule has 0 aliphatic heterocycles. The molecule has 1 aliphatic rings. The second kappa shape index (κ2) is 9.87. The van der Waals surface area contributed by atoms with Crippen molar-refractivity contribution in [1.29, 1.82) is 0 Å². The van der Waals surface area contributed by atoms with Gasteiger partial charge in [-0.3, -0.25) is 4.99 Å². The van der Waals surface area contributed by atoms with E-state index in [0.29, 0.717) is 29.1 Å². The van der Waals surface area contributed by atoms with Gasteiger partial charge in [0.15, 0.2) is 11.5 Å². The normalized spacial score (nSPS) is 15.5. The van der Waals surface area contributed by atoms with Crippen molar-refractivity contribution in [2.75, 3.05) is 21.3 Å². The first-order valence-corrected chi connectivity index (χ1v) is 11.2. The Bertz CT molecular complexity index is 1070. The summed E-state index contributed by atoms with van der Waals surface area (Å²) in [7, 11) is 4.82. The van der Waals surface area contributed by atoms with Crippen LogP contribution in [0.1, 0.15) is 37.9 Å². The summed E-state index contributed by atoms with van der Waals surface area (Å²) in [5, 5.41) is 6.76. The number of hydrogen-bond donors (Lipinski definition) is 0.